The van der Waals surface area contributed by atoms with Crippen molar-refractivity contribution >= 4 is 0 Å². The van der Waals surface area contributed by atoms with E-state index in [9.17, 15) is 0 Å². The standard InChI is InChI=1S/C16H27NO/c1-4-15-9-11-16(12-10-15)18-14-8-7-13-17(5-2)6-3/h9-12H,4-8,13-14H2,1-3H3/p+1. The van der Waals surface area contributed by atoms with E-state index in [1.807, 2.05) is 0 Å². The average Bonchev–Trinajstić information content (AvgIpc) is 2.43. The quantitative estimate of drug-likeness (QED) is 0.664. The molecule has 0 heterocycles. The predicted molar refractivity (Wildman–Crippen MR) is 77.5 cm³/mol. The maximum atomic E-state index is 5.75. The Morgan fingerprint density at radius 1 is 0.944 bits per heavy atom. The van der Waals surface area contributed by atoms with Crippen LogP contribution >= 0.6 is 0 Å². The summed E-state index contributed by atoms with van der Waals surface area (Å²) in [7, 11) is 0. The summed E-state index contributed by atoms with van der Waals surface area (Å²) in [5.41, 5.74) is 1.37. The third kappa shape index (κ3) is 5.54. The summed E-state index contributed by atoms with van der Waals surface area (Å²) in [6.45, 7) is 11.3. The molecule has 0 radical (unpaired) electrons. The van der Waals surface area contributed by atoms with Crippen LogP contribution in [0.15, 0.2) is 24.3 Å². The zero-order chi connectivity index (χ0) is 13.2. The molecule has 0 fully saturated rings. The zero-order valence-electron chi connectivity index (χ0n) is 12.2. The highest BCUT2D eigenvalue weighted by Crippen LogP contribution is 2.12. The first kappa shape index (κ1) is 15.0. The summed E-state index contributed by atoms with van der Waals surface area (Å²) in [5, 5.41) is 0. The van der Waals surface area contributed by atoms with E-state index in [1.165, 1.54) is 31.6 Å². The lowest BCUT2D eigenvalue weighted by Gasteiger charge is -2.15. The fraction of sp³-hybridized carbons (Fsp3) is 0.625. The molecule has 2 heteroatoms. The van der Waals surface area contributed by atoms with Crippen LogP contribution in [0.1, 0.15) is 39.2 Å². The normalized spacial score (nSPS) is 10.9. The van der Waals surface area contributed by atoms with Crippen molar-refractivity contribution in [2.24, 2.45) is 0 Å². The van der Waals surface area contributed by atoms with E-state index < -0.39 is 0 Å². The summed E-state index contributed by atoms with van der Waals surface area (Å²) in [6.07, 6.45) is 3.50. The summed E-state index contributed by atoms with van der Waals surface area (Å²) in [4.78, 5) is 1.68. The lowest BCUT2D eigenvalue weighted by molar-refractivity contribution is -0.896. The summed E-state index contributed by atoms with van der Waals surface area (Å²) < 4.78 is 5.75. The maximum absolute atomic E-state index is 5.75. The third-order valence-corrected chi connectivity index (χ3v) is 3.52. The molecule has 0 spiro atoms. The SMILES string of the molecule is CCc1ccc(OCCCC[NH+](CC)CC)cc1. The van der Waals surface area contributed by atoms with Crippen molar-refractivity contribution in [2.45, 2.75) is 40.0 Å². The Bertz CT molecular complexity index is 303. The van der Waals surface area contributed by atoms with Gasteiger partial charge >= 0.3 is 0 Å². The summed E-state index contributed by atoms with van der Waals surface area (Å²) in [6, 6.07) is 8.45. The highest BCUT2D eigenvalue weighted by atomic mass is 16.5. The van der Waals surface area contributed by atoms with Gasteiger partial charge in [0.15, 0.2) is 0 Å². The highest BCUT2D eigenvalue weighted by molar-refractivity contribution is 5.27. The van der Waals surface area contributed by atoms with E-state index in [0.29, 0.717) is 0 Å². The molecular weight excluding hydrogens is 222 g/mol. The fourth-order valence-electron chi connectivity index (χ4n) is 2.09. The number of benzene rings is 1. The number of hydrogen-bond acceptors (Lipinski definition) is 1. The Morgan fingerprint density at radius 3 is 2.17 bits per heavy atom. The van der Waals surface area contributed by atoms with E-state index in [0.717, 1.165) is 25.2 Å². The number of hydrogen-bond donors (Lipinski definition) is 1. The van der Waals surface area contributed by atoms with Crippen LogP contribution in [0.25, 0.3) is 0 Å². The van der Waals surface area contributed by atoms with E-state index in [2.05, 4.69) is 45.0 Å². The van der Waals surface area contributed by atoms with Crippen LogP contribution in [0.4, 0.5) is 0 Å². The Hall–Kier alpha value is -1.02. The van der Waals surface area contributed by atoms with Crippen LogP contribution in [0.3, 0.4) is 0 Å². The molecule has 1 aromatic carbocycles. The lowest BCUT2D eigenvalue weighted by Crippen LogP contribution is -3.11. The van der Waals surface area contributed by atoms with Crippen molar-refractivity contribution in [2.75, 3.05) is 26.2 Å². The molecule has 1 N–H and O–H groups in total. The maximum Gasteiger partial charge on any atom is 0.119 e. The molecule has 0 aliphatic carbocycles. The third-order valence-electron chi connectivity index (χ3n) is 3.52. The van der Waals surface area contributed by atoms with Crippen LogP contribution in [0, 0.1) is 0 Å². The molecule has 0 saturated heterocycles. The number of rotatable bonds is 9. The van der Waals surface area contributed by atoms with E-state index in [4.69, 9.17) is 4.74 Å². The van der Waals surface area contributed by atoms with Gasteiger partial charge in [0.2, 0.25) is 0 Å². The second-order valence-electron chi connectivity index (χ2n) is 4.76. The lowest BCUT2D eigenvalue weighted by atomic mass is 10.2. The highest BCUT2D eigenvalue weighted by Gasteiger charge is 2.01. The van der Waals surface area contributed by atoms with Crippen molar-refractivity contribution < 1.29 is 9.64 Å². The van der Waals surface area contributed by atoms with Crippen LogP contribution in [-0.4, -0.2) is 26.2 Å². The molecule has 1 rings (SSSR count). The van der Waals surface area contributed by atoms with Crippen LogP contribution < -0.4 is 9.64 Å². The molecule has 1 aromatic rings. The molecule has 0 aliphatic rings. The Balaban J connectivity index is 2.13. The van der Waals surface area contributed by atoms with Gasteiger partial charge in [-0.1, -0.05) is 19.1 Å². The number of quaternary nitrogens is 1. The molecule has 102 valence electrons. The zero-order valence-corrected chi connectivity index (χ0v) is 12.2. The largest absolute Gasteiger partial charge is 0.494 e. The Kier molecular flexibility index (Phi) is 7.51. The number of nitrogens with one attached hydrogen (secondary N) is 1. The van der Waals surface area contributed by atoms with Crippen molar-refractivity contribution in [3.8, 4) is 5.75 Å². The summed E-state index contributed by atoms with van der Waals surface area (Å²) in [5.74, 6) is 1.00. The van der Waals surface area contributed by atoms with Gasteiger partial charge in [0, 0.05) is 0 Å². The molecule has 0 saturated carbocycles. The minimum absolute atomic E-state index is 0.839. The van der Waals surface area contributed by atoms with Gasteiger partial charge in [0.25, 0.3) is 0 Å². The fourth-order valence-corrected chi connectivity index (χ4v) is 2.09. The van der Waals surface area contributed by atoms with Gasteiger partial charge in [0.1, 0.15) is 5.75 Å². The predicted octanol–water partition coefficient (Wildman–Crippen LogP) is 2.33. The number of aryl methyl sites for hydroxylation is 1. The van der Waals surface area contributed by atoms with Crippen LogP contribution in [0.2, 0.25) is 0 Å². The van der Waals surface area contributed by atoms with Crippen molar-refractivity contribution in [1.29, 1.82) is 0 Å². The van der Waals surface area contributed by atoms with Crippen LogP contribution in [-0.2, 0) is 6.42 Å². The molecule has 0 bridgehead atoms. The first-order chi connectivity index (χ1) is 8.80. The van der Waals surface area contributed by atoms with Gasteiger partial charge in [-0.3, -0.25) is 0 Å². The van der Waals surface area contributed by atoms with Crippen molar-refractivity contribution in [3.05, 3.63) is 29.8 Å². The van der Waals surface area contributed by atoms with Crippen LogP contribution in [0.5, 0.6) is 5.75 Å². The van der Waals surface area contributed by atoms with E-state index in [-0.39, 0.29) is 0 Å². The van der Waals surface area contributed by atoms with Gasteiger partial charge in [0.05, 0.1) is 26.2 Å². The van der Waals surface area contributed by atoms with Gasteiger partial charge < -0.3 is 9.64 Å². The number of ether oxygens (including phenoxy) is 1. The van der Waals surface area contributed by atoms with Crippen molar-refractivity contribution in [3.63, 3.8) is 0 Å². The minimum Gasteiger partial charge on any atom is -0.494 e. The smallest absolute Gasteiger partial charge is 0.119 e. The van der Waals surface area contributed by atoms with Gasteiger partial charge in [-0.15, -0.1) is 0 Å². The average molecular weight is 250 g/mol. The monoisotopic (exact) mass is 250 g/mol. The Morgan fingerprint density at radius 2 is 1.61 bits per heavy atom. The summed E-state index contributed by atoms with van der Waals surface area (Å²) >= 11 is 0. The van der Waals surface area contributed by atoms with Gasteiger partial charge in [-0.2, -0.15) is 0 Å². The van der Waals surface area contributed by atoms with E-state index in [1.54, 1.807) is 4.90 Å². The molecule has 0 aromatic heterocycles. The molecule has 0 amide bonds. The first-order valence-electron chi connectivity index (χ1n) is 7.35. The van der Waals surface area contributed by atoms with Gasteiger partial charge in [-0.25, -0.2) is 0 Å². The molecule has 0 unspecified atom stereocenters. The second-order valence-corrected chi connectivity index (χ2v) is 4.76. The molecule has 0 aliphatic heterocycles. The van der Waals surface area contributed by atoms with Gasteiger partial charge in [-0.05, 0) is 50.8 Å². The number of unbranched alkanes of at least 4 members (excludes halogenated alkanes) is 1. The molecule has 0 atom stereocenters. The topological polar surface area (TPSA) is 13.7 Å². The minimum atomic E-state index is 0.839. The van der Waals surface area contributed by atoms with Crippen molar-refractivity contribution in [1.82, 2.24) is 0 Å². The molecule has 18 heavy (non-hydrogen) atoms. The second kappa shape index (κ2) is 8.98. The first-order valence-corrected chi connectivity index (χ1v) is 7.35. The van der Waals surface area contributed by atoms with E-state index >= 15 is 0 Å². The molecular formula is C16H28NO+. The Labute approximate surface area is 112 Å². The molecule has 2 nitrogen and oxygen atoms in total.